The fraction of sp³-hybridized carbons (Fsp3) is 0.429. The number of ether oxygens (including phenoxy) is 1. The molecule has 0 aliphatic carbocycles. The predicted octanol–water partition coefficient (Wildman–Crippen LogP) is 1.47. The van der Waals surface area contributed by atoms with Crippen molar-refractivity contribution in [2.75, 3.05) is 13.7 Å². The molecule has 1 amide bonds. The molecule has 0 aliphatic rings. The number of amides is 1. The Hall–Kier alpha value is -1.88. The summed E-state index contributed by atoms with van der Waals surface area (Å²) in [6, 6.07) is 9.40. The van der Waals surface area contributed by atoms with E-state index in [2.05, 4.69) is 5.32 Å². The Morgan fingerprint density at radius 1 is 1.26 bits per heavy atom. The van der Waals surface area contributed by atoms with E-state index in [1.807, 2.05) is 44.2 Å². The van der Waals surface area contributed by atoms with Gasteiger partial charge in [0, 0.05) is 13.5 Å². The van der Waals surface area contributed by atoms with Crippen LogP contribution >= 0.6 is 0 Å². The van der Waals surface area contributed by atoms with Crippen molar-refractivity contribution in [2.24, 2.45) is 0 Å². The average Bonchev–Trinajstić information content (AvgIpc) is 2.45. The first-order valence-electron chi connectivity index (χ1n) is 6.19. The minimum atomic E-state index is -1.08. The molecule has 5 heteroatoms. The second-order valence-corrected chi connectivity index (χ2v) is 3.53. The Balaban J connectivity index is 0.00000154. The lowest BCUT2D eigenvalue weighted by atomic mass is 10.1. The number of benzene rings is 1. The lowest BCUT2D eigenvalue weighted by Crippen LogP contribution is -2.39. The molecule has 0 spiro atoms. The molecule has 19 heavy (non-hydrogen) atoms. The van der Waals surface area contributed by atoms with Gasteiger partial charge in [0.2, 0.25) is 5.91 Å². The monoisotopic (exact) mass is 267 g/mol. The number of rotatable bonds is 6. The summed E-state index contributed by atoms with van der Waals surface area (Å²) < 4.78 is 5.04. The quantitative estimate of drug-likeness (QED) is 0.818. The van der Waals surface area contributed by atoms with Gasteiger partial charge in [0.05, 0.1) is 0 Å². The normalized spacial score (nSPS) is 10.9. The van der Waals surface area contributed by atoms with Crippen molar-refractivity contribution >= 4 is 11.9 Å². The number of methoxy groups -OCH3 is 1. The fourth-order valence-corrected chi connectivity index (χ4v) is 1.39. The summed E-state index contributed by atoms with van der Waals surface area (Å²) >= 11 is 0. The Morgan fingerprint density at radius 3 is 2.32 bits per heavy atom. The molecule has 1 aromatic rings. The summed E-state index contributed by atoms with van der Waals surface area (Å²) in [5, 5.41) is 10.7. The average molecular weight is 267 g/mol. The molecular formula is C14H21NO4. The maximum Gasteiger partial charge on any atom is 0.322 e. The zero-order chi connectivity index (χ0) is 14.7. The van der Waals surface area contributed by atoms with Gasteiger partial charge >= 0.3 is 5.97 Å². The third-order valence-corrected chi connectivity index (χ3v) is 2.25. The van der Waals surface area contributed by atoms with Crippen LogP contribution in [-0.4, -0.2) is 36.7 Å². The van der Waals surface area contributed by atoms with Crippen molar-refractivity contribution in [1.29, 1.82) is 0 Å². The van der Waals surface area contributed by atoms with E-state index in [1.54, 1.807) is 0 Å². The van der Waals surface area contributed by atoms with E-state index in [0.717, 1.165) is 5.56 Å². The first kappa shape index (κ1) is 17.1. The molecule has 0 radical (unpaired) electrons. The summed E-state index contributed by atoms with van der Waals surface area (Å²) in [6.07, 6.45) is -0.250. The number of aliphatic carboxylic acids is 1. The standard InChI is InChI=1S/C12H15NO4.C2H6/c1-17-10(12(16)13-8-11(14)15)7-9-5-3-2-4-6-9;1-2/h2-6,10H,7-8H2,1H3,(H,13,16)(H,14,15);1-2H3. The highest BCUT2D eigenvalue weighted by molar-refractivity contribution is 5.84. The third kappa shape index (κ3) is 7.21. The third-order valence-electron chi connectivity index (χ3n) is 2.25. The van der Waals surface area contributed by atoms with Gasteiger partial charge in [-0.25, -0.2) is 0 Å². The Bertz CT molecular complexity index is 378. The summed E-state index contributed by atoms with van der Waals surface area (Å²) in [4.78, 5) is 21.9. The molecular weight excluding hydrogens is 246 g/mol. The second kappa shape index (κ2) is 10.1. The van der Waals surface area contributed by atoms with Crippen LogP contribution in [0.5, 0.6) is 0 Å². The Labute approximate surface area is 113 Å². The summed E-state index contributed by atoms with van der Waals surface area (Å²) in [5.41, 5.74) is 0.963. The van der Waals surface area contributed by atoms with Gasteiger partial charge in [0.15, 0.2) is 0 Å². The molecule has 5 nitrogen and oxygen atoms in total. The molecule has 0 heterocycles. The molecule has 0 aliphatic heterocycles. The largest absolute Gasteiger partial charge is 0.480 e. The van der Waals surface area contributed by atoms with E-state index in [4.69, 9.17) is 9.84 Å². The smallest absolute Gasteiger partial charge is 0.322 e. The summed E-state index contributed by atoms with van der Waals surface area (Å²) in [7, 11) is 1.42. The van der Waals surface area contributed by atoms with Crippen molar-refractivity contribution in [3.05, 3.63) is 35.9 Å². The Kier molecular flexibility index (Phi) is 9.08. The molecule has 0 fully saturated rings. The van der Waals surface area contributed by atoms with Crippen molar-refractivity contribution in [1.82, 2.24) is 5.32 Å². The van der Waals surface area contributed by atoms with Crippen LogP contribution in [0.2, 0.25) is 0 Å². The van der Waals surface area contributed by atoms with E-state index >= 15 is 0 Å². The van der Waals surface area contributed by atoms with Gasteiger partial charge in [-0.05, 0) is 5.56 Å². The van der Waals surface area contributed by atoms with E-state index in [9.17, 15) is 9.59 Å². The molecule has 2 N–H and O–H groups in total. The molecule has 106 valence electrons. The second-order valence-electron chi connectivity index (χ2n) is 3.53. The van der Waals surface area contributed by atoms with Gasteiger partial charge in [0.1, 0.15) is 12.6 Å². The van der Waals surface area contributed by atoms with E-state index < -0.39 is 24.5 Å². The molecule has 0 aromatic heterocycles. The van der Waals surface area contributed by atoms with Crippen LogP contribution in [0.25, 0.3) is 0 Å². The van der Waals surface area contributed by atoms with Crippen molar-refractivity contribution in [3.63, 3.8) is 0 Å². The van der Waals surface area contributed by atoms with Gasteiger partial charge in [-0.3, -0.25) is 9.59 Å². The van der Waals surface area contributed by atoms with Gasteiger partial charge < -0.3 is 15.2 Å². The lowest BCUT2D eigenvalue weighted by molar-refractivity contribution is -0.140. The number of hydrogen-bond donors (Lipinski definition) is 2. The number of hydrogen-bond acceptors (Lipinski definition) is 3. The molecule has 0 bridgehead atoms. The molecule has 1 rings (SSSR count). The molecule has 0 saturated carbocycles. The SMILES string of the molecule is CC.COC(Cc1ccccc1)C(=O)NCC(=O)O. The number of nitrogens with one attached hydrogen (secondary N) is 1. The minimum Gasteiger partial charge on any atom is -0.480 e. The van der Waals surface area contributed by atoms with E-state index in [1.165, 1.54) is 7.11 Å². The maximum atomic E-state index is 11.6. The zero-order valence-electron chi connectivity index (χ0n) is 11.6. The van der Waals surface area contributed by atoms with Crippen molar-refractivity contribution < 1.29 is 19.4 Å². The van der Waals surface area contributed by atoms with Crippen LogP contribution in [0.3, 0.4) is 0 Å². The van der Waals surface area contributed by atoms with Crippen molar-refractivity contribution in [2.45, 2.75) is 26.4 Å². The minimum absolute atomic E-state index is 0.395. The highest BCUT2D eigenvalue weighted by atomic mass is 16.5. The van der Waals surface area contributed by atoms with Gasteiger partial charge in [0.25, 0.3) is 0 Å². The van der Waals surface area contributed by atoms with Crippen molar-refractivity contribution in [3.8, 4) is 0 Å². The molecule has 1 aromatic carbocycles. The number of carbonyl (C=O) groups excluding carboxylic acids is 1. The highest BCUT2D eigenvalue weighted by Crippen LogP contribution is 2.05. The number of carboxylic acid groups (broad SMARTS) is 1. The zero-order valence-corrected chi connectivity index (χ0v) is 11.6. The first-order chi connectivity index (χ1) is 9.13. The van der Waals surface area contributed by atoms with E-state index in [0.29, 0.717) is 6.42 Å². The van der Waals surface area contributed by atoms with Gasteiger partial charge in [-0.15, -0.1) is 0 Å². The predicted molar refractivity (Wildman–Crippen MR) is 72.9 cm³/mol. The molecule has 1 unspecified atom stereocenters. The first-order valence-corrected chi connectivity index (χ1v) is 6.19. The highest BCUT2D eigenvalue weighted by Gasteiger charge is 2.18. The van der Waals surface area contributed by atoms with Crippen LogP contribution in [0, 0.1) is 0 Å². The lowest BCUT2D eigenvalue weighted by Gasteiger charge is -2.14. The maximum absolute atomic E-state index is 11.6. The van der Waals surface area contributed by atoms with E-state index in [-0.39, 0.29) is 0 Å². The van der Waals surface area contributed by atoms with Crippen LogP contribution in [0.4, 0.5) is 0 Å². The van der Waals surface area contributed by atoms with Gasteiger partial charge in [-0.1, -0.05) is 44.2 Å². The molecule has 1 atom stereocenters. The summed E-state index contributed by atoms with van der Waals surface area (Å²) in [6.45, 7) is 3.60. The van der Waals surface area contributed by atoms with Crippen LogP contribution in [-0.2, 0) is 20.7 Å². The number of carbonyl (C=O) groups is 2. The summed E-state index contributed by atoms with van der Waals surface area (Å²) in [5.74, 6) is -1.49. The molecule has 0 saturated heterocycles. The van der Waals surface area contributed by atoms with Crippen LogP contribution in [0.15, 0.2) is 30.3 Å². The Morgan fingerprint density at radius 2 is 1.84 bits per heavy atom. The van der Waals surface area contributed by atoms with Gasteiger partial charge in [-0.2, -0.15) is 0 Å². The topological polar surface area (TPSA) is 75.6 Å². The van der Waals surface area contributed by atoms with Crippen LogP contribution in [0.1, 0.15) is 19.4 Å². The van der Waals surface area contributed by atoms with Crippen LogP contribution < -0.4 is 5.32 Å². The fourth-order valence-electron chi connectivity index (χ4n) is 1.39. The number of carboxylic acids is 1.